The van der Waals surface area contributed by atoms with E-state index in [9.17, 15) is 14.4 Å². The molecule has 2 aromatic rings. The number of benzene rings is 2. The van der Waals surface area contributed by atoms with Crippen molar-refractivity contribution in [2.24, 2.45) is 0 Å². The van der Waals surface area contributed by atoms with Gasteiger partial charge in [-0.25, -0.2) is 4.79 Å². The molecule has 7 heteroatoms. The van der Waals surface area contributed by atoms with Gasteiger partial charge in [-0.2, -0.15) is 0 Å². The standard InChI is InChI=1S/C21H21ClN2O4/c1-13(23-19(25)14-7-9-17(22)10-8-14)20(26)24-12-16-6-4-3-5-15(16)11-18(24)21(27)28-2/h3-10,13,18H,11-12H2,1-2H3,(H,23,25). The molecular weight excluding hydrogens is 380 g/mol. The molecule has 0 saturated heterocycles. The average molecular weight is 401 g/mol. The van der Waals surface area contributed by atoms with E-state index < -0.39 is 18.1 Å². The summed E-state index contributed by atoms with van der Waals surface area (Å²) >= 11 is 5.84. The predicted octanol–water partition coefficient (Wildman–Crippen LogP) is 2.58. The topological polar surface area (TPSA) is 75.7 Å². The lowest BCUT2D eigenvalue weighted by Gasteiger charge is -2.36. The lowest BCUT2D eigenvalue weighted by atomic mass is 9.93. The Bertz CT molecular complexity index is 898. The fraction of sp³-hybridized carbons (Fsp3) is 0.286. The minimum atomic E-state index is -0.805. The zero-order chi connectivity index (χ0) is 20.3. The summed E-state index contributed by atoms with van der Waals surface area (Å²) in [6.07, 6.45) is 0.381. The van der Waals surface area contributed by atoms with Crippen LogP contribution in [0.3, 0.4) is 0 Å². The van der Waals surface area contributed by atoms with E-state index in [2.05, 4.69) is 5.32 Å². The number of nitrogens with zero attached hydrogens (tertiary/aromatic N) is 1. The first-order chi connectivity index (χ1) is 13.4. The van der Waals surface area contributed by atoms with Gasteiger partial charge in [-0.05, 0) is 42.3 Å². The molecule has 6 nitrogen and oxygen atoms in total. The van der Waals surface area contributed by atoms with Crippen LogP contribution in [0.25, 0.3) is 0 Å². The van der Waals surface area contributed by atoms with Crippen LogP contribution >= 0.6 is 11.6 Å². The summed E-state index contributed by atoms with van der Waals surface area (Å²) in [4.78, 5) is 39.2. The van der Waals surface area contributed by atoms with Crippen molar-refractivity contribution < 1.29 is 19.1 Å². The van der Waals surface area contributed by atoms with Crippen molar-refractivity contribution in [1.29, 1.82) is 0 Å². The van der Waals surface area contributed by atoms with Gasteiger partial charge in [-0.15, -0.1) is 0 Å². The van der Waals surface area contributed by atoms with Crippen LogP contribution in [0.4, 0.5) is 0 Å². The summed E-state index contributed by atoms with van der Waals surface area (Å²) in [5.74, 6) is -1.20. The molecular formula is C21H21ClN2O4. The Balaban J connectivity index is 1.77. The lowest BCUT2D eigenvalue weighted by Crippen LogP contribution is -2.55. The van der Waals surface area contributed by atoms with Gasteiger partial charge in [-0.3, -0.25) is 9.59 Å². The van der Waals surface area contributed by atoms with E-state index in [0.29, 0.717) is 17.0 Å². The van der Waals surface area contributed by atoms with Crippen LogP contribution in [0.5, 0.6) is 0 Å². The summed E-state index contributed by atoms with van der Waals surface area (Å²) in [7, 11) is 1.30. The number of amides is 2. The molecule has 0 aromatic heterocycles. The van der Waals surface area contributed by atoms with Crippen LogP contribution in [-0.4, -0.2) is 41.9 Å². The Morgan fingerprint density at radius 1 is 1.11 bits per heavy atom. The number of ether oxygens (including phenoxy) is 1. The van der Waals surface area contributed by atoms with Crippen LogP contribution in [0.2, 0.25) is 5.02 Å². The molecule has 1 aliphatic heterocycles. The van der Waals surface area contributed by atoms with Crippen LogP contribution in [-0.2, 0) is 27.3 Å². The number of esters is 1. The van der Waals surface area contributed by atoms with Crippen molar-refractivity contribution in [3.63, 3.8) is 0 Å². The van der Waals surface area contributed by atoms with E-state index in [1.807, 2.05) is 24.3 Å². The molecule has 0 bridgehead atoms. The normalized spacial score (nSPS) is 16.7. The van der Waals surface area contributed by atoms with Crippen molar-refractivity contribution in [1.82, 2.24) is 10.2 Å². The van der Waals surface area contributed by atoms with E-state index in [1.165, 1.54) is 12.0 Å². The molecule has 146 valence electrons. The second-order valence-electron chi connectivity index (χ2n) is 6.68. The Hall–Kier alpha value is -2.86. The highest BCUT2D eigenvalue weighted by Gasteiger charge is 2.37. The predicted molar refractivity (Wildman–Crippen MR) is 105 cm³/mol. The van der Waals surface area contributed by atoms with Crippen LogP contribution < -0.4 is 5.32 Å². The van der Waals surface area contributed by atoms with Gasteiger partial charge in [0, 0.05) is 23.6 Å². The molecule has 2 unspecified atom stereocenters. The molecule has 1 heterocycles. The van der Waals surface area contributed by atoms with E-state index in [4.69, 9.17) is 16.3 Å². The smallest absolute Gasteiger partial charge is 0.328 e. The molecule has 0 saturated carbocycles. The van der Waals surface area contributed by atoms with Crippen molar-refractivity contribution in [2.75, 3.05) is 7.11 Å². The van der Waals surface area contributed by atoms with Gasteiger partial charge in [0.05, 0.1) is 7.11 Å². The minimum Gasteiger partial charge on any atom is -0.467 e. The summed E-state index contributed by atoms with van der Waals surface area (Å²) < 4.78 is 4.89. The molecule has 0 fully saturated rings. The summed E-state index contributed by atoms with van der Waals surface area (Å²) in [6.45, 7) is 1.89. The quantitative estimate of drug-likeness (QED) is 0.800. The van der Waals surface area contributed by atoms with Gasteiger partial charge >= 0.3 is 5.97 Å². The second kappa shape index (κ2) is 8.44. The number of carbonyl (C=O) groups is 3. The van der Waals surface area contributed by atoms with Gasteiger partial charge in [0.25, 0.3) is 5.91 Å². The molecule has 0 spiro atoms. The molecule has 2 aromatic carbocycles. The third-order valence-corrected chi connectivity index (χ3v) is 5.08. The molecule has 0 aliphatic carbocycles. The van der Waals surface area contributed by atoms with Gasteiger partial charge < -0.3 is 15.0 Å². The number of hydrogen-bond donors (Lipinski definition) is 1. The number of nitrogens with one attached hydrogen (secondary N) is 1. The van der Waals surface area contributed by atoms with E-state index >= 15 is 0 Å². The molecule has 0 radical (unpaired) electrons. The zero-order valence-corrected chi connectivity index (χ0v) is 16.4. The van der Waals surface area contributed by atoms with Crippen LogP contribution in [0, 0.1) is 0 Å². The van der Waals surface area contributed by atoms with Gasteiger partial charge in [0.15, 0.2) is 0 Å². The third kappa shape index (κ3) is 4.17. The molecule has 2 amide bonds. The fourth-order valence-electron chi connectivity index (χ4n) is 3.29. The van der Waals surface area contributed by atoms with Crippen molar-refractivity contribution in [2.45, 2.75) is 32.0 Å². The highest BCUT2D eigenvalue weighted by Crippen LogP contribution is 2.24. The van der Waals surface area contributed by atoms with E-state index in [1.54, 1.807) is 31.2 Å². The highest BCUT2D eigenvalue weighted by molar-refractivity contribution is 6.30. The van der Waals surface area contributed by atoms with Crippen molar-refractivity contribution >= 4 is 29.4 Å². The Kier molecular flexibility index (Phi) is 5.99. The lowest BCUT2D eigenvalue weighted by molar-refractivity contribution is -0.154. The maximum atomic E-state index is 13.0. The SMILES string of the molecule is COC(=O)C1Cc2ccccc2CN1C(=O)C(C)NC(=O)c1ccc(Cl)cc1. The van der Waals surface area contributed by atoms with E-state index in [0.717, 1.165) is 11.1 Å². The van der Waals surface area contributed by atoms with Crippen LogP contribution in [0.15, 0.2) is 48.5 Å². The Morgan fingerprint density at radius 3 is 2.39 bits per heavy atom. The van der Waals surface area contributed by atoms with E-state index in [-0.39, 0.29) is 18.4 Å². The Labute approximate surface area is 168 Å². The highest BCUT2D eigenvalue weighted by atomic mass is 35.5. The first-order valence-corrected chi connectivity index (χ1v) is 9.30. The largest absolute Gasteiger partial charge is 0.467 e. The summed E-state index contributed by atoms with van der Waals surface area (Å²) in [6, 6.07) is 12.5. The summed E-state index contributed by atoms with van der Waals surface area (Å²) in [5, 5.41) is 3.21. The molecule has 1 N–H and O–H groups in total. The van der Waals surface area contributed by atoms with Crippen molar-refractivity contribution in [3.05, 3.63) is 70.2 Å². The molecule has 3 rings (SSSR count). The minimum absolute atomic E-state index is 0.288. The van der Waals surface area contributed by atoms with Crippen molar-refractivity contribution in [3.8, 4) is 0 Å². The maximum Gasteiger partial charge on any atom is 0.328 e. The van der Waals surface area contributed by atoms with Gasteiger partial charge in [0.2, 0.25) is 5.91 Å². The zero-order valence-electron chi connectivity index (χ0n) is 15.6. The number of halogens is 1. The second-order valence-corrected chi connectivity index (χ2v) is 7.12. The first kappa shape index (κ1) is 19.9. The average Bonchev–Trinajstić information content (AvgIpc) is 2.72. The maximum absolute atomic E-state index is 13.0. The number of rotatable bonds is 4. The number of carbonyl (C=O) groups excluding carboxylic acids is 3. The molecule has 28 heavy (non-hydrogen) atoms. The number of fused-ring (bicyclic) bond motifs is 1. The van der Waals surface area contributed by atoms with Gasteiger partial charge in [0.1, 0.15) is 12.1 Å². The van der Waals surface area contributed by atoms with Gasteiger partial charge in [-0.1, -0.05) is 35.9 Å². The number of hydrogen-bond acceptors (Lipinski definition) is 4. The fourth-order valence-corrected chi connectivity index (χ4v) is 3.42. The first-order valence-electron chi connectivity index (χ1n) is 8.92. The Morgan fingerprint density at radius 2 is 1.75 bits per heavy atom. The number of methoxy groups -OCH3 is 1. The third-order valence-electron chi connectivity index (χ3n) is 4.83. The monoisotopic (exact) mass is 400 g/mol. The molecule has 2 atom stereocenters. The van der Waals surface area contributed by atoms with Crippen LogP contribution in [0.1, 0.15) is 28.4 Å². The molecule has 1 aliphatic rings. The summed E-state index contributed by atoms with van der Waals surface area (Å²) in [5.41, 5.74) is 2.39.